The van der Waals surface area contributed by atoms with Crippen molar-refractivity contribution < 1.29 is 4.79 Å². The summed E-state index contributed by atoms with van der Waals surface area (Å²) in [4.78, 5) is 12.1. The van der Waals surface area contributed by atoms with Crippen LogP contribution in [-0.4, -0.2) is 19.0 Å². The molecule has 1 heterocycles. The summed E-state index contributed by atoms with van der Waals surface area (Å²) in [5.74, 6) is 0.352. The summed E-state index contributed by atoms with van der Waals surface area (Å²) >= 11 is 1.24. The molecule has 2 unspecified atom stereocenters. The second-order valence-corrected chi connectivity index (χ2v) is 6.06. The molecular formula is C14H22N4OS. The Morgan fingerprint density at radius 2 is 2.15 bits per heavy atom. The molecule has 0 saturated carbocycles. The van der Waals surface area contributed by atoms with E-state index in [1.165, 1.54) is 11.3 Å². The Labute approximate surface area is 124 Å². The number of anilines is 2. The SMILES string of the molecule is CCC(C)CC(C)Nc1sc(C(=O)NC)c(N)c1C#N. The number of amides is 1. The molecule has 1 rings (SSSR count). The van der Waals surface area contributed by atoms with Gasteiger partial charge in [-0.3, -0.25) is 4.79 Å². The van der Waals surface area contributed by atoms with Gasteiger partial charge in [0.15, 0.2) is 0 Å². The third-order valence-electron chi connectivity index (χ3n) is 3.32. The molecule has 110 valence electrons. The molecule has 4 N–H and O–H groups in total. The minimum absolute atomic E-state index is 0.229. The van der Waals surface area contributed by atoms with Gasteiger partial charge in [0.05, 0.1) is 5.69 Å². The minimum atomic E-state index is -0.258. The summed E-state index contributed by atoms with van der Waals surface area (Å²) in [5, 5.41) is 15.7. The second-order valence-electron chi connectivity index (χ2n) is 5.03. The molecule has 0 spiro atoms. The van der Waals surface area contributed by atoms with Gasteiger partial charge in [-0.1, -0.05) is 20.3 Å². The molecule has 0 radical (unpaired) electrons. The monoisotopic (exact) mass is 294 g/mol. The first-order valence-corrected chi connectivity index (χ1v) is 7.57. The number of rotatable bonds is 6. The summed E-state index contributed by atoms with van der Waals surface area (Å²) in [5.41, 5.74) is 6.51. The van der Waals surface area contributed by atoms with Crippen molar-refractivity contribution in [2.45, 2.75) is 39.7 Å². The maximum absolute atomic E-state index is 11.7. The lowest BCUT2D eigenvalue weighted by molar-refractivity contribution is 0.0968. The van der Waals surface area contributed by atoms with Crippen molar-refractivity contribution in [2.24, 2.45) is 5.92 Å². The molecule has 1 aromatic rings. The van der Waals surface area contributed by atoms with Crippen molar-refractivity contribution in [3.8, 4) is 6.07 Å². The molecule has 0 aromatic carbocycles. The molecule has 0 fully saturated rings. The third-order valence-corrected chi connectivity index (χ3v) is 4.46. The van der Waals surface area contributed by atoms with Gasteiger partial charge in [-0.25, -0.2) is 0 Å². The van der Waals surface area contributed by atoms with Crippen LogP contribution in [0.25, 0.3) is 0 Å². The van der Waals surface area contributed by atoms with Crippen molar-refractivity contribution in [3.63, 3.8) is 0 Å². The van der Waals surface area contributed by atoms with Crippen LogP contribution in [-0.2, 0) is 0 Å². The number of nitrogens with zero attached hydrogens (tertiary/aromatic N) is 1. The van der Waals surface area contributed by atoms with Crippen molar-refractivity contribution >= 4 is 27.9 Å². The van der Waals surface area contributed by atoms with Crippen molar-refractivity contribution in [1.82, 2.24) is 5.32 Å². The first-order chi connectivity index (χ1) is 9.44. The van der Waals surface area contributed by atoms with Gasteiger partial charge < -0.3 is 16.4 Å². The number of nitriles is 1. The Morgan fingerprint density at radius 1 is 1.50 bits per heavy atom. The molecule has 5 nitrogen and oxygen atoms in total. The van der Waals surface area contributed by atoms with Gasteiger partial charge in [0.25, 0.3) is 5.91 Å². The summed E-state index contributed by atoms with van der Waals surface area (Å²) in [6.07, 6.45) is 2.13. The second kappa shape index (κ2) is 7.15. The Hall–Kier alpha value is -1.74. The van der Waals surface area contributed by atoms with Gasteiger partial charge in [-0.2, -0.15) is 5.26 Å². The van der Waals surface area contributed by atoms with Gasteiger partial charge in [0.2, 0.25) is 0 Å². The zero-order valence-electron chi connectivity index (χ0n) is 12.4. The average molecular weight is 294 g/mol. The van der Waals surface area contributed by atoms with Crippen molar-refractivity contribution in [3.05, 3.63) is 10.4 Å². The highest BCUT2D eigenvalue weighted by molar-refractivity contribution is 7.18. The van der Waals surface area contributed by atoms with Crippen LogP contribution in [0, 0.1) is 17.2 Å². The Balaban J connectivity index is 2.96. The molecular weight excluding hydrogens is 272 g/mol. The molecule has 0 bridgehead atoms. The van der Waals surface area contributed by atoms with Gasteiger partial charge in [0, 0.05) is 13.1 Å². The zero-order valence-corrected chi connectivity index (χ0v) is 13.2. The number of carbonyl (C=O) groups is 1. The van der Waals surface area contributed by atoms with Crippen LogP contribution in [0.5, 0.6) is 0 Å². The van der Waals surface area contributed by atoms with E-state index in [9.17, 15) is 10.1 Å². The Morgan fingerprint density at radius 3 is 2.65 bits per heavy atom. The van der Waals surface area contributed by atoms with E-state index in [4.69, 9.17) is 5.73 Å². The first-order valence-electron chi connectivity index (χ1n) is 6.75. The fraction of sp³-hybridized carbons (Fsp3) is 0.571. The van der Waals surface area contributed by atoms with E-state index < -0.39 is 0 Å². The molecule has 6 heteroatoms. The van der Waals surface area contributed by atoms with E-state index in [-0.39, 0.29) is 17.6 Å². The highest BCUT2D eigenvalue weighted by Gasteiger charge is 2.21. The van der Waals surface area contributed by atoms with Gasteiger partial charge in [-0.15, -0.1) is 11.3 Å². The van der Waals surface area contributed by atoms with Crippen LogP contribution in [0.3, 0.4) is 0 Å². The Bertz CT molecular complexity index is 518. The fourth-order valence-corrected chi connectivity index (χ4v) is 3.12. The molecule has 0 aliphatic carbocycles. The van der Waals surface area contributed by atoms with E-state index in [0.717, 1.165) is 12.8 Å². The first kappa shape index (κ1) is 16.3. The maximum Gasteiger partial charge on any atom is 0.263 e. The number of nitrogens with two attached hydrogens (primary N) is 1. The highest BCUT2D eigenvalue weighted by atomic mass is 32.1. The van der Waals surface area contributed by atoms with Crippen LogP contribution in [0.2, 0.25) is 0 Å². The molecule has 1 amide bonds. The van der Waals surface area contributed by atoms with Crippen LogP contribution >= 0.6 is 11.3 Å². The zero-order chi connectivity index (χ0) is 15.3. The molecule has 20 heavy (non-hydrogen) atoms. The van der Waals surface area contributed by atoms with Crippen LogP contribution in [0.4, 0.5) is 10.7 Å². The highest BCUT2D eigenvalue weighted by Crippen LogP contribution is 2.35. The van der Waals surface area contributed by atoms with Crippen molar-refractivity contribution in [1.29, 1.82) is 5.26 Å². The molecule has 2 atom stereocenters. The summed E-state index contributed by atoms with van der Waals surface area (Å²) in [7, 11) is 1.55. The number of nitrogens with one attached hydrogen (secondary N) is 2. The summed E-state index contributed by atoms with van der Waals surface area (Å²) in [6.45, 7) is 6.43. The topological polar surface area (TPSA) is 90.9 Å². The predicted molar refractivity (Wildman–Crippen MR) is 84.0 cm³/mol. The number of thiophene rings is 1. The third kappa shape index (κ3) is 3.64. The average Bonchev–Trinajstić information content (AvgIpc) is 2.73. The number of hydrogen-bond donors (Lipinski definition) is 3. The van der Waals surface area contributed by atoms with Crippen molar-refractivity contribution in [2.75, 3.05) is 18.1 Å². The quantitative estimate of drug-likeness (QED) is 0.752. The lowest BCUT2D eigenvalue weighted by Crippen LogP contribution is -2.18. The van der Waals surface area contributed by atoms with E-state index in [1.54, 1.807) is 7.05 Å². The van der Waals surface area contributed by atoms with Crippen LogP contribution < -0.4 is 16.4 Å². The molecule has 0 aliphatic heterocycles. The fourth-order valence-electron chi connectivity index (χ4n) is 1.99. The maximum atomic E-state index is 11.7. The number of nitrogen functional groups attached to an aromatic ring is 1. The van der Waals surface area contributed by atoms with Crippen LogP contribution in [0.15, 0.2) is 0 Å². The molecule has 0 saturated heterocycles. The molecule has 1 aromatic heterocycles. The standard InChI is InChI=1S/C14H22N4OS/c1-5-8(2)6-9(3)18-14-10(7-15)11(16)12(20-14)13(19)17-4/h8-9,18H,5-6,16H2,1-4H3,(H,17,19). The minimum Gasteiger partial charge on any atom is -0.396 e. The normalized spacial score (nSPS) is 13.3. The largest absolute Gasteiger partial charge is 0.396 e. The van der Waals surface area contributed by atoms with Gasteiger partial charge in [-0.05, 0) is 19.3 Å². The predicted octanol–water partition coefficient (Wildman–Crippen LogP) is 2.80. The smallest absolute Gasteiger partial charge is 0.263 e. The van der Waals surface area contributed by atoms with Gasteiger partial charge in [0.1, 0.15) is 21.5 Å². The number of carbonyl (C=O) groups excluding carboxylic acids is 1. The van der Waals surface area contributed by atoms with E-state index in [2.05, 4.69) is 37.5 Å². The lowest BCUT2D eigenvalue weighted by atomic mass is 10.0. The van der Waals surface area contributed by atoms with Crippen LogP contribution in [0.1, 0.15) is 48.8 Å². The summed E-state index contributed by atoms with van der Waals surface area (Å²) in [6, 6.07) is 2.31. The Kier molecular flexibility index (Phi) is 5.83. The van der Waals surface area contributed by atoms with E-state index >= 15 is 0 Å². The number of hydrogen-bond acceptors (Lipinski definition) is 5. The van der Waals surface area contributed by atoms with E-state index in [1.807, 2.05) is 0 Å². The lowest BCUT2D eigenvalue weighted by Gasteiger charge is -2.17. The van der Waals surface area contributed by atoms with E-state index in [0.29, 0.717) is 21.4 Å². The van der Waals surface area contributed by atoms with Gasteiger partial charge >= 0.3 is 0 Å². The summed E-state index contributed by atoms with van der Waals surface area (Å²) < 4.78 is 0. The molecule has 0 aliphatic rings.